The van der Waals surface area contributed by atoms with E-state index in [-0.39, 0.29) is 0 Å². The van der Waals surface area contributed by atoms with Crippen molar-refractivity contribution in [2.24, 2.45) is 0 Å². The molecule has 4 heterocycles. The van der Waals surface area contributed by atoms with E-state index in [2.05, 4.69) is 83.4 Å². The molecule has 0 aliphatic heterocycles. The lowest BCUT2D eigenvalue weighted by atomic mass is 10.1. The molecule has 0 N–H and O–H groups in total. The average Bonchev–Trinajstić information content (AvgIpc) is 3.70. The van der Waals surface area contributed by atoms with Crippen molar-refractivity contribution in [2.75, 3.05) is 0 Å². The SMILES string of the molecule is CC.c1ccc(-c2nc(-n3c4ccccc4c4cc5sc6ccccc6c5cc43)nc3c2oc2ccccc23)cc1. The molecule has 0 saturated carbocycles. The van der Waals surface area contributed by atoms with Crippen molar-refractivity contribution in [3.8, 4) is 17.2 Å². The van der Waals surface area contributed by atoms with Crippen molar-refractivity contribution < 1.29 is 4.42 Å². The average molecular weight is 548 g/mol. The Morgan fingerprint density at radius 3 is 2.15 bits per heavy atom. The summed E-state index contributed by atoms with van der Waals surface area (Å²) in [4.78, 5) is 10.4. The van der Waals surface area contributed by atoms with E-state index in [4.69, 9.17) is 14.4 Å². The van der Waals surface area contributed by atoms with Crippen molar-refractivity contribution in [3.05, 3.63) is 115 Å². The minimum absolute atomic E-state index is 0.637. The molecule has 0 radical (unpaired) electrons. The van der Waals surface area contributed by atoms with Gasteiger partial charge in [-0.05, 0) is 36.4 Å². The van der Waals surface area contributed by atoms with Crippen LogP contribution in [0.4, 0.5) is 0 Å². The number of hydrogen-bond donors (Lipinski definition) is 0. The highest BCUT2D eigenvalue weighted by atomic mass is 32.1. The van der Waals surface area contributed by atoms with Crippen LogP contribution in [0.1, 0.15) is 13.8 Å². The van der Waals surface area contributed by atoms with Gasteiger partial charge in [-0.3, -0.25) is 4.57 Å². The van der Waals surface area contributed by atoms with Gasteiger partial charge in [-0.25, -0.2) is 9.97 Å². The van der Waals surface area contributed by atoms with E-state index in [1.54, 1.807) is 0 Å². The van der Waals surface area contributed by atoms with E-state index >= 15 is 0 Å². The van der Waals surface area contributed by atoms with Crippen LogP contribution in [0, 0.1) is 0 Å². The van der Waals surface area contributed by atoms with Crippen LogP contribution in [-0.4, -0.2) is 14.5 Å². The zero-order valence-electron chi connectivity index (χ0n) is 22.6. The second-order valence-electron chi connectivity index (χ2n) is 9.83. The predicted molar refractivity (Wildman–Crippen MR) is 173 cm³/mol. The lowest BCUT2D eigenvalue weighted by Crippen LogP contribution is -2.02. The fraction of sp³-hybridized carbons (Fsp3) is 0.0556. The van der Waals surface area contributed by atoms with Gasteiger partial charge in [0.1, 0.15) is 16.8 Å². The number of furan rings is 1. The van der Waals surface area contributed by atoms with E-state index in [1.807, 2.05) is 61.6 Å². The standard InChI is InChI=1S/C34H19N3OS.C2H6/c1-2-10-20(11-3-1)31-33-32(23-14-5-8-16-28(23)38-33)36-34(35-31)37-26-15-7-4-12-21(26)24-19-30-25(18-27(24)37)22-13-6-9-17-29(22)39-30;1-2/h1-19H;1-2H3. The third-order valence-corrected chi connectivity index (χ3v) is 8.76. The smallest absolute Gasteiger partial charge is 0.236 e. The lowest BCUT2D eigenvalue weighted by molar-refractivity contribution is 0.666. The summed E-state index contributed by atoms with van der Waals surface area (Å²) in [5.74, 6) is 0.637. The summed E-state index contributed by atoms with van der Waals surface area (Å²) in [6.07, 6.45) is 0. The number of para-hydroxylation sites is 2. The summed E-state index contributed by atoms with van der Waals surface area (Å²) < 4.78 is 11.1. The van der Waals surface area contributed by atoms with Gasteiger partial charge >= 0.3 is 0 Å². The summed E-state index contributed by atoms with van der Waals surface area (Å²) >= 11 is 1.84. The Hall–Kier alpha value is -5.00. The van der Waals surface area contributed by atoms with Crippen LogP contribution in [0.5, 0.6) is 0 Å². The number of thiophene rings is 1. The number of nitrogens with zero attached hydrogens (tertiary/aromatic N) is 3. The minimum atomic E-state index is 0.637. The Labute approximate surface area is 240 Å². The van der Waals surface area contributed by atoms with Gasteiger partial charge < -0.3 is 4.42 Å². The van der Waals surface area contributed by atoms with Crippen LogP contribution in [-0.2, 0) is 0 Å². The van der Waals surface area contributed by atoms with Crippen LogP contribution in [0.2, 0.25) is 0 Å². The number of aromatic nitrogens is 3. The predicted octanol–water partition coefficient (Wildman–Crippen LogP) is 10.5. The van der Waals surface area contributed by atoms with Gasteiger partial charge in [0.05, 0.1) is 11.0 Å². The minimum Gasteiger partial charge on any atom is -0.452 e. The maximum absolute atomic E-state index is 6.35. The van der Waals surface area contributed by atoms with Crippen molar-refractivity contribution in [1.82, 2.24) is 14.5 Å². The highest BCUT2D eigenvalue weighted by Gasteiger charge is 2.21. The summed E-state index contributed by atoms with van der Waals surface area (Å²) in [5.41, 5.74) is 6.31. The Kier molecular flexibility index (Phi) is 5.40. The van der Waals surface area contributed by atoms with Crippen LogP contribution >= 0.6 is 11.3 Å². The van der Waals surface area contributed by atoms with E-state index in [1.165, 1.54) is 30.9 Å². The maximum Gasteiger partial charge on any atom is 0.236 e. The van der Waals surface area contributed by atoms with Gasteiger partial charge in [0.2, 0.25) is 5.95 Å². The monoisotopic (exact) mass is 547 g/mol. The van der Waals surface area contributed by atoms with Gasteiger partial charge in [0.15, 0.2) is 5.58 Å². The molecule has 0 saturated heterocycles. The molecular weight excluding hydrogens is 522 g/mol. The van der Waals surface area contributed by atoms with Crippen molar-refractivity contribution in [3.63, 3.8) is 0 Å². The molecule has 0 fully saturated rings. The summed E-state index contributed by atoms with van der Waals surface area (Å²) in [6, 6.07) is 40.1. The van der Waals surface area contributed by atoms with Crippen LogP contribution < -0.4 is 0 Å². The van der Waals surface area contributed by atoms with E-state index in [0.717, 1.165) is 38.8 Å². The highest BCUT2D eigenvalue weighted by molar-refractivity contribution is 7.25. The van der Waals surface area contributed by atoms with Crippen LogP contribution in [0.15, 0.2) is 120 Å². The van der Waals surface area contributed by atoms with Crippen molar-refractivity contribution in [2.45, 2.75) is 13.8 Å². The highest BCUT2D eigenvalue weighted by Crippen LogP contribution is 2.41. The Morgan fingerprint density at radius 2 is 1.29 bits per heavy atom. The van der Waals surface area contributed by atoms with Gasteiger partial charge in [-0.2, -0.15) is 0 Å². The van der Waals surface area contributed by atoms with Gasteiger partial charge in [-0.1, -0.05) is 92.7 Å². The molecule has 0 unspecified atom stereocenters. The van der Waals surface area contributed by atoms with E-state index < -0.39 is 0 Å². The molecular formula is C36H25N3OS. The molecule has 9 rings (SSSR count). The number of rotatable bonds is 2. The molecule has 41 heavy (non-hydrogen) atoms. The number of hydrogen-bond acceptors (Lipinski definition) is 4. The van der Waals surface area contributed by atoms with Crippen molar-refractivity contribution >= 4 is 75.4 Å². The first-order valence-corrected chi connectivity index (χ1v) is 14.7. The maximum atomic E-state index is 6.35. The molecule has 0 amide bonds. The molecule has 0 aliphatic carbocycles. The molecule has 4 nitrogen and oxygen atoms in total. The molecule has 9 aromatic rings. The van der Waals surface area contributed by atoms with E-state index in [0.29, 0.717) is 11.5 Å². The summed E-state index contributed by atoms with van der Waals surface area (Å²) in [7, 11) is 0. The zero-order valence-corrected chi connectivity index (χ0v) is 23.4. The first-order chi connectivity index (χ1) is 20.3. The van der Waals surface area contributed by atoms with Crippen LogP contribution in [0.3, 0.4) is 0 Å². The summed E-state index contributed by atoms with van der Waals surface area (Å²) in [5, 5.41) is 5.91. The Bertz CT molecular complexity index is 2400. The molecule has 0 spiro atoms. The molecule has 196 valence electrons. The fourth-order valence-corrected chi connectivity index (χ4v) is 7.00. The molecule has 0 bridgehead atoms. The molecule has 5 heteroatoms. The van der Waals surface area contributed by atoms with Crippen molar-refractivity contribution in [1.29, 1.82) is 0 Å². The molecule has 0 aliphatic rings. The third-order valence-electron chi connectivity index (χ3n) is 7.63. The van der Waals surface area contributed by atoms with Crippen LogP contribution in [0.25, 0.3) is 81.3 Å². The first-order valence-electron chi connectivity index (χ1n) is 13.9. The fourth-order valence-electron chi connectivity index (χ4n) is 5.87. The summed E-state index contributed by atoms with van der Waals surface area (Å²) in [6.45, 7) is 4.00. The third kappa shape index (κ3) is 3.52. The number of fused-ring (bicyclic) bond motifs is 9. The van der Waals surface area contributed by atoms with E-state index in [9.17, 15) is 0 Å². The second-order valence-corrected chi connectivity index (χ2v) is 10.9. The normalized spacial score (nSPS) is 11.7. The van der Waals surface area contributed by atoms with Gasteiger partial charge in [0, 0.05) is 41.9 Å². The zero-order chi connectivity index (χ0) is 27.5. The number of benzene rings is 5. The topological polar surface area (TPSA) is 43.9 Å². The second kappa shape index (κ2) is 9.29. The first kappa shape index (κ1) is 23.9. The van der Waals surface area contributed by atoms with Gasteiger partial charge in [0.25, 0.3) is 0 Å². The molecule has 5 aromatic carbocycles. The molecule has 0 atom stereocenters. The van der Waals surface area contributed by atoms with Gasteiger partial charge in [-0.15, -0.1) is 11.3 Å². The largest absolute Gasteiger partial charge is 0.452 e. The quantitative estimate of drug-likeness (QED) is 0.216. The Balaban J connectivity index is 0.00000125. The lowest BCUT2D eigenvalue weighted by Gasteiger charge is -2.09. The molecule has 4 aromatic heterocycles. The Morgan fingerprint density at radius 1 is 0.585 bits per heavy atom.